The molecule has 1 amide bonds. The number of carbonyl (C=O) groups is 1. The zero-order valence-electron chi connectivity index (χ0n) is 14.9. The van der Waals surface area contributed by atoms with Gasteiger partial charge in [0, 0.05) is 55.1 Å². The summed E-state index contributed by atoms with van der Waals surface area (Å²) < 4.78 is 6.06. The number of rotatable bonds is 3. The van der Waals surface area contributed by atoms with Crippen molar-refractivity contribution in [3.8, 4) is 5.88 Å². The number of pyridine rings is 1. The predicted octanol–water partition coefficient (Wildman–Crippen LogP) is 3.24. The topological polar surface area (TPSA) is 68.2 Å². The fourth-order valence-corrected chi connectivity index (χ4v) is 4.39. The Morgan fingerprint density at radius 2 is 1.70 bits per heavy atom. The van der Waals surface area contributed by atoms with Crippen LogP contribution in [0.5, 0.6) is 5.88 Å². The number of piperidine rings is 1. The Balaban J connectivity index is 1.34. The van der Waals surface area contributed by atoms with Gasteiger partial charge in [-0.3, -0.25) is 14.8 Å². The summed E-state index contributed by atoms with van der Waals surface area (Å²) in [6.07, 6.45) is 8.95. The van der Waals surface area contributed by atoms with Crippen LogP contribution in [0, 0.1) is 0 Å². The van der Waals surface area contributed by atoms with Gasteiger partial charge in [-0.2, -0.15) is 0 Å². The minimum Gasteiger partial charge on any atom is -0.474 e. The molecule has 0 N–H and O–H groups in total. The zero-order chi connectivity index (χ0) is 18.2. The van der Waals surface area contributed by atoms with Crippen molar-refractivity contribution in [3.05, 3.63) is 60.6 Å². The van der Waals surface area contributed by atoms with Crippen LogP contribution in [0.3, 0.4) is 0 Å². The summed E-state index contributed by atoms with van der Waals surface area (Å²) in [7, 11) is 0. The lowest BCUT2D eigenvalue weighted by molar-refractivity contribution is 0.0348. The second-order valence-electron chi connectivity index (χ2n) is 7.24. The molecule has 2 aliphatic rings. The number of nitrogens with zero attached hydrogens (tertiary/aromatic N) is 4. The van der Waals surface area contributed by atoms with E-state index in [0.717, 1.165) is 36.7 Å². The molecular weight excluding hydrogens is 340 g/mol. The van der Waals surface area contributed by atoms with Crippen LogP contribution in [-0.4, -0.2) is 43.9 Å². The van der Waals surface area contributed by atoms with E-state index in [0.29, 0.717) is 11.4 Å². The number of carbonyl (C=O) groups excluding carboxylic acids is 1. The van der Waals surface area contributed by atoms with E-state index in [-0.39, 0.29) is 24.1 Å². The fourth-order valence-electron chi connectivity index (χ4n) is 4.39. The summed E-state index contributed by atoms with van der Waals surface area (Å²) in [5.41, 5.74) is 2.24. The van der Waals surface area contributed by atoms with Crippen molar-refractivity contribution in [3.63, 3.8) is 0 Å². The number of amides is 1. The van der Waals surface area contributed by atoms with Crippen LogP contribution in [0.25, 0.3) is 11.0 Å². The fraction of sp³-hybridized carbons (Fsp3) is 0.333. The molecule has 4 heterocycles. The third kappa shape index (κ3) is 3.01. The van der Waals surface area contributed by atoms with Crippen LogP contribution < -0.4 is 4.74 Å². The second kappa shape index (κ2) is 6.61. The first kappa shape index (κ1) is 16.2. The smallest absolute Gasteiger partial charge is 0.254 e. The van der Waals surface area contributed by atoms with E-state index in [1.165, 1.54) is 0 Å². The first-order valence-electron chi connectivity index (χ1n) is 9.39. The van der Waals surface area contributed by atoms with Crippen LogP contribution in [0.2, 0.25) is 0 Å². The van der Waals surface area contributed by atoms with Gasteiger partial charge in [-0.25, -0.2) is 4.98 Å². The summed E-state index contributed by atoms with van der Waals surface area (Å²) in [5.74, 6) is 0.751. The average molecular weight is 360 g/mol. The van der Waals surface area contributed by atoms with Crippen molar-refractivity contribution in [1.29, 1.82) is 0 Å². The predicted molar refractivity (Wildman–Crippen MR) is 100 cm³/mol. The molecule has 136 valence electrons. The molecule has 0 saturated carbocycles. The van der Waals surface area contributed by atoms with Gasteiger partial charge in [-0.05, 0) is 37.1 Å². The van der Waals surface area contributed by atoms with Gasteiger partial charge in [-0.1, -0.05) is 6.07 Å². The highest BCUT2D eigenvalue weighted by Crippen LogP contribution is 2.38. The Hall–Kier alpha value is -3.02. The molecule has 2 atom stereocenters. The van der Waals surface area contributed by atoms with Crippen LogP contribution in [0.15, 0.2) is 55.0 Å². The van der Waals surface area contributed by atoms with Gasteiger partial charge in [0.05, 0.1) is 11.0 Å². The molecule has 1 aromatic carbocycles. The molecule has 27 heavy (non-hydrogen) atoms. The van der Waals surface area contributed by atoms with Crippen molar-refractivity contribution >= 4 is 16.9 Å². The maximum absolute atomic E-state index is 13.2. The molecular formula is C21H20N4O2. The summed E-state index contributed by atoms with van der Waals surface area (Å²) in [4.78, 5) is 28.1. The van der Waals surface area contributed by atoms with Crippen LogP contribution >= 0.6 is 0 Å². The highest BCUT2D eigenvalue weighted by molar-refractivity contribution is 5.97. The van der Waals surface area contributed by atoms with E-state index < -0.39 is 0 Å². The quantitative estimate of drug-likeness (QED) is 0.717. The molecule has 6 nitrogen and oxygen atoms in total. The van der Waals surface area contributed by atoms with Gasteiger partial charge in [0.25, 0.3) is 5.91 Å². The minimum atomic E-state index is 0.0892. The molecule has 0 aliphatic carbocycles. The number of fused-ring (bicyclic) bond motifs is 3. The Morgan fingerprint density at radius 1 is 0.926 bits per heavy atom. The largest absolute Gasteiger partial charge is 0.474 e. The van der Waals surface area contributed by atoms with Crippen molar-refractivity contribution in [2.24, 2.45) is 0 Å². The average Bonchev–Trinajstić information content (AvgIpc) is 2.98. The van der Waals surface area contributed by atoms with Gasteiger partial charge < -0.3 is 9.64 Å². The zero-order valence-corrected chi connectivity index (χ0v) is 14.9. The standard InChI is InChI=1S/C21H20N4O2/c26-21(14-4-7-18-19(11-14)23-10-9-22-18)25-15-5-6-16(25)13-17(12-15)27-20-3-1-2-8-24-20/h1-4,7-11,15-17H,5-6,12-13H2. The molecule has 3 aromatic rings. The third-order valence-electron chi connectivity index (χ3n) is 5.57. The van der Waals surface area contributed by atoms with E-state index in [1.807, 2.05) is 36.4 Å². The monoisotopic (exact) mass is 360 g/mol. The van der Waals surface area contributed by atoms with Gasteiger partial charge in [-0.15, -0.1) is 0 Å². The Kier molecular flexibility index (Phi) is 3.96. The molecule has 2 unspecified atom stereocenters. The Labute approximate surface area is 157 Å². The van der Waals surface area contributed by atoms with Gasteiger partial charge in [0.2, 0.25) is 5.88 Å². The van der Waals surface area contributed by atoms with Crippen molar-refractivity contribution in [1.82, 2.24) is 19.9 Å². The first-order valence-corrected chi connectivity index (χ1v) is 9.39. The highest BCUT2D eigenvalue weighted by atomic mass is 16.5. The van der Waals surface area contributed by atoms with Crippen LogP contribution in [-0.2, 0) is 0 Å². The molecule has 2 saturated heterocycles. The molecule has 0 radical (unpaired) electrons. The van der Waals surface area contributed by atoms with Crippen molar-refractivity contribution < 1.29 is 9.53 Å². The second-order valence-corrected chi connectivity index (χ2v) is 7.24. The van der Waals surface area contributed by atoms with Gasteiger partial charge >= 0.3 is 0 Å². The summed E-state index contributed by atoms with van der Waals surface area (Å²) in [6.45, 7) is 0. The maximum atomic E-state index is 13.2. The Bertz CT molecular complexity index is 964. The van der Waals surface area contributed by atoms with Gasteiger partial charge in [0.15, 0.2) is 0 Å². The van der Waals surface area contributed by atoms with E-state index in [1.54, 1.807) is 18.6 Å². The summed E-state index contributed by atoms with van der Waals surface area (Å²) >= 11 is 0. The third-order valence-corrected chi connectivity index (χ3v) is 5.57. The maximum Gasteiger partial charge on any atom is 0.254 e. The number of benzene rings is 1. The minimum absolute atomic E-state index is 0.0892. The van der Waals surface area contributed by atoms with E-state index in [9.17, 15) is 4.79 Å². The number of aromatic nitrogens is 3. The molecule has 2 fully saturated rings. The van der Waals surface area contributed by atoms with Crippen LogP contribution in [0.1, 0.15) is 36.0 Å². The molecule has 6 heteroatoms. The van der Waals surface area contributed by atoms with Crippen molar-refractivity contribution in [2.75, 3.05) is 0 Å². The molecule has 2 bridgehead atoms. The Morgan fingerprint density at radius 3 is 2.44 bits per heavy atom. The summed E-state index contributed by atoms with van der Waals surface area (Å²) in [6, 6.07) is 11.7. The lowest BCUT2D eigenvalue weighted by atomic mass is 9.98. The molecule has 2 aromatic heterocycles. The van der Waals surface area contributed by atoms with Crippen molar-refractivity contribution in [2.45, 2.75) is 43.9 Å². The SMILES string of the molecule is O=C(c1ccc2nccnc2c1)N1C2CCC1CC(Oc1ccccn1)C2. The number of hydrogen-bond donors (Lipinski definition) is 0. The molecule has 0 spiro atoms. The van der Waals surface area contributed by atoms with E-state index in [4.69, 9.17) is 4.74 Å². The number of ether oxygens (including phenoxy) is 1. The first-order chi connectivity index (χ1) is 13.3. The highest BCUT2D eigenvalue weighted by Gasteiger charge is 2.44. The normalized spacial score (nSPS) is 24.1. The molecule has 5 rings (SSSR count). The lowest BCUT2D eigenvalue weighted by Crippen LogP contribution is -2.49. The van der Waals surface area contributed by atoms with Gasteiger partial charge in [0.1, 0.15) is 6.10 Å². The van der Waals surface area contributed by atoms with E-state index >= 15 is 0 Å². The number of hydrogen-bond acceptors (Lipinski definition) is 5. The molecule has 2 aliphatic heterocycles. The lowest BCUT2D eigenvalue weighted by Gasteiger charge is -2.38. The van der Waals surface area contributed by atoms with Crippen LogP contribution in [0.4, 0.5) is 0 Å². The van der Waals surface area contributed by atoms with E-state index in [2.05, 4.69) is 19.9 Å². The summed E-state index contributed by atoms with van der Waals surface area (Å²) in [5, 5.41) is 0.